The molecule has 1 amide bonds. The first-order chi connectivity index (χ1) is 9.11. The number of aromatic amines is 1. The number of nitro groups is 1. The van der Waals surface area contributed by atoms with Crippen molar-refractivity contribution in [3.05, 3.63) is 40.1 Å². The van der Waals surface area contributed by atoms with Gasteiger partial charge >= 0.3 is 0 Å². The average Bonchev–Trinajstić information content (AvgIpc) is 2.81. The van der Waals surface area contributed by atoms with Gasteiger partial charge in [-0.25, -0.2) is 0 Å². The Morgan fingerprint density at radius 3 is 2.84 bits per heavy atom. The van der Waals surface area contributed by atoms with Crippen molar-refractivity contribution in [3.63, 3.8) is 0 Å². The number of nitrogens with zero attached hydrogens (tertiary/aromatic N) is 1. The number of fused-ring (bicyclic) bond motifs is 1. The summed E-state index contributed by atoms with van der Waals surface area (Å²) in [6.45, 7) is 1.20. The lowest BCUT2D eigenvalue weighted by Crippen LogP contribution is -2.30. The molecule has 19 heavy (non-hydrogen) atoms. The first-order valence-electron chi connectivity index (χ1n) is 5.82. The number of H-pyrrole nitrogens is 1. The molecule has 0 aliphatic heterocycles. The highest BCUT2D eigenvalue weighted by Gasteiger charge is 2.12. The molecule has 0 fully saturated rings. The Morgan fingerprint density at radius 2 is 2.16 bits per heavy atom. The molecule has 1 aromatic heterocycles. The predicted octanol–water partition coefficient (Wildman–Crippen LogP) is 1.03. The van der Waals surface area contributed by atoms with Gasteiger partial charge in [0.1, 0.15) is 5.69 Å². The lowest BCUT2D eigenvalue weighted by Gasteiger charge is -2.01. The Balaban J connectivity index is 2.21. The number of hydrogen-bond acceptors (Lipinski definition) is 4. The van der Waals surface area contributed by atoms with Crippen molar-refractivity contribution >= 4 is 22.5 Å². The van der Waals surface area contributed by atoms with Gasteiger partial charge in [-0.1, -0.05) is 0 Å². The zero-order valence-corrected chi connectivity index (χ0v) is 10.4. The van der Waals surface area contributed by atoms with Crippen LogP contribution in [-0.4, -0.2) is 36.0 Å². The molecule has 0 bridgehead atoms. The number of hydrogen-bond donors (Lipinski definition) is 3. The van der Waals surface area contributed by atoms with E-state index < -0.39 is 4.92 Å². The van der Waals surface area contributed by atoms with Crippen LogP contribution >= 0.6 is 0 Å². The Bertz CT molecular complexity index is 620. The monoisotopic (exact) mass is 262 g/mol. The number of amides is 1. The molecule has 0 aliphatic carbocycles. The van der Waals surface area contributed by atoms with Gasteiger partial charge in [-0.15, -0.1) is 0 Å². The molecule has 0 saturated heterocycles. The summed E-state index contributed by atoms with van der Waals surface area (Å²) in [6.07, 6.45) is 0. The smallest absolute Gasteiger partial charge is 0.270 e. The van der Waals surface area contributed by atoms with E-state index in [1.165, 1.54) is 12.1 Å². The highest BCUT2D eigenvalue weighted by Crippen LogP contribution is 2.21. The Morgan fingerprint density at radius 1 is 1.37 bits per heavy atom. The van der Waals surface area contributed by atoms with Crippen molar-refractivity contribution < 1.29 is 9.72 Å². The maximum atomic E-state index is 11.8. The van der Waals surface area contributed by atoms with Gasteiger partial charge in [0, 0.05) is 36.1 Å². The SMILES string of the molecule is CNCCNC(=O)c1cc2cc([N+](=O)[O-])ccc2[nH]1. The van der Waals surface area contributed by atoms with Crippen LogP contribution in [0.3, 0.4) is 0 Å². The van der Waals surface area contributed by atoms with Crippen LogP contribution in [0.25, 0.3) is 10.9 Å². The van der Waals surface area contributed by atoms with E-state index in [0.717, 1.165) is 0 Å². The number of benzene rings is 1. The fraction of sp³-hybridized carbons (Fsp3) is 0.250. The van der Waals surface area contributed by atoms with Crippen molar-refractivity contribution in [2.24, 2.45) is 0 Å². The highest BCUT2D eigenvalue weighted by atomic mass is 16.6. The van der Waals surface area contributed by atoms with Gasteiger partial charge < -0.3 is 15.6 Å². The van der Waals surface area contributed by atoms with E-state index in [-0.39, 0.29) is 11.6 Å². The molecule has 0 radical (unpaired) electrons. The van der Waals surface area contributed by atoms with E-state index in [1.54, 1.807) is 19.2 Å². The minimum atomic E-state index is -0.459. The van der Waals surface area contributed by atoms with Gasteiger partial charge in [-0.2, -0.15) is 0 Å². The lowest BCUT2D eigenvalue weighted by atomic mass is 10.2. The maximum Gasteiger partial charge on any atom is 0.270 e. The minimum Gasteiger partial charge on any atom is -0.351 e. The Labute approximate surface area is 109 Å². The summed E-state index contributed by atoms with van der Waals surface area (Å²) in [5, 5.41) is 17.0. The van der Waals surface area contributed by atoms with Crippen LogP contribution in [0.2, 0.25) is 0 Å². The van der Waals surface area contributed by atoms with Gasteiger partial charge in [-0.05, 0) is 19.2 Å². The van der Waals surface area contributed by atoms with Crippen molar-refractivity contribution in [3.8, 4) is 0 Å². The maximum absolute atomic E-state index is 11.8. The number of non-ortho nitro benzene ring substituents is 1. The van der Waals surface area contributed by atoms with Crippen LogP contribution < -0.4 is 10.6 Å². The van der Waals surface area contributed by atoms with E-state index in [1.807, 2.05) is 0 Å². The van der Waals surface area contributed by atoms with Crippen molar-refractivity contribution in [1.29, 1.82) is 0 Å². The van der Waals surface area contributed by atoms with E-state index in [4.69, 9.17) is 0 Å². The molecular weight excluding hydrogens is 248 g/mol. The normalized spacial score (nSPS) is 10.6. The van der Waals surface area contributed by atoms with Crippen molar-refractivity contribution in [2.75, 3.05) is 20.1 Å². The molecule has 7 heteroatoms. The van der Waals surface area contributed by atoms with Crippen molar-refractivity contribution in [1.82, 2.24) is 15.6 Å². The summed E-state index contributed by atoms with van der Waals surface area (Å²) >= 11 is 0. The van der Waals surface area contributed by atoms with E-state index in [9.17, 15) is 14.9 Å². The lowest BCUT2D eigenvalue weighted by molar-refractivity contribution is -0.384. The van der Waals surface area contributed by atoms with Gasteiger partial charge in [0.15, 0.2) is 0 Å². The van der Waals surface area contributed by atoms with Gasteiger partial charge in [0.05, 0.1) is 4.92 Å². The molecule has 0 saturated carbocycles. The third-order valence-corrected chi connectivity index (χ3v) is 2.72. The molecule has 2 aromatic rings. The number of aromatic nitrogens is 1. The minimum absolute atomic E-state index is 0.00800. The van der Waals surface area contributed by atoms with Crippen LogP contribution in [0.15, 0.2) is 24.3 Å². The molecule has 0 atom stereocenters. The number of nitrogens with one attached hydrogen (secondary N) is 3. The highest BCUT2D eigenvalue weighted by molar-refractivity contribution is 5.98. The molecule has 7 nitrogen and oxygen atoms in total. The summed E-state index contributed by atoms with van der Waals surface area (Å²) in [7, 11) is 1.80. The molecule has 2 rings (SSSR count). The summed E-state index contributed by atoms with van der Waals surface area (Å²) in [4.78, 5) is 24.9. The second-order valence-electron chi connectivity index (χ2n) is 4.07. The van der Waals surface area contributed by atoms with Crippen LogP contribution in [-0.2, 0) is 0 Å². The third-order valence-electron chi connectivity index (χ3n) is 2.72. The van der Waals surface area contributed by atoms with E-state index in [0.29, 0.717) is 29.7 Å². The largest absolute Gasteiger partial charge is 0.351 e. The molecule has 1 aromatic carbocycles. The van der Waals surface area contributed by atoms with Crippen LogP contribution in [0.1, 0.15) is 10.5 Å². The summed E-state index contributed by atoms with van der Waals surface area (Å²) in [6, 6.07) is 6.05. The summed E-state index contributed by atoms with van der Waals surface area (Å²) < 4.78 is 0. The fourth-order valence-electron chi connectivity index (χ4n) is 1.75. The number of rotatable bonds is 5. The van der Waals surface area contributed by atoms with Crippen LogP contribution in [0.5, 0.6) is 0 Å². The second-order valence-corrected chi connectivity index (χ2v) is 4.07. The van der Waals surface area contributed by atoms with Gasteiger partial charge in [0.2, 0.25) is 0 Å². The molecule has 0 aliphatic rings. The number of nitro benzene ring substituents is 1. The standard InChI is InChI=1S/C12H14N4O3/c1-13-4-5-14-12(17)11-7-8-6-9(16(18)19)2-3-10(8)15-11/h2-3,6-7,13,15H,4-5H2,1H3,(H,14,17). The number of likely N-dealkylation sites (N-methyl/N-ethyl adjacent to an activating group) is 1. The first-order valence-corrected chi connectivity index (χ1v) is 5.82. The Kier molecular flexibility index (Phi) is 3.76. The van der Waals surface area contributed by atoms with Crippen LogP contribution in [0, 0.1) is 10.1 Å². The number of carbonyl (C=O) groups excluding carboxylic acids is 1. The van der Waals surface area contributed by atoms with Gasteiger partial charge in [-0.3, -0.25) is 14.9 Å². The molecule has 3 N–H and O–H groups in total. The average molecular weight is 262 g/mol. The second kappa shape index (κ2) is 5.49. The molecule has 0 unspecified atom stereocenters. The Hall–Kier alpha value is -2.41. The van der Waals surface area contributed by atoms with Crippen LogP contribution in [0.4, 0.5) is 5.69 Å². The molecule has 100 valence electrons. The quantitative estimate of drug-likeness (QED) is 0.425. The summed E-state index contributed by atoms with van der Waals surface area (Å²) in [5.41, 5.74) is 1.10. The number of carbonyl (C=O) groups is 1. The zero-order valence-electron chi connectivity index (χ0n) is 10.4. The molecule has 0 spiro atoms. The topological polar surface area (TPSA) is 100 Å². The first kappa shape index (κ1) is 13.0. The van der Waals surface area contributed by atoms with Crippen molar-refractivity contribution in [2.45, 2.75) is 0 Å². The van der Waals surface area contributed by atoms with E-state index >= 15 is 0 Å². The molecule has 1 heterocycles. The summed E-state index contributed by atoms with van der Waals surface area (Å²) in [5.74, 6) is -0.228. The fourth-order valence-corrected chi connectivity index (χ4v) is 1.75. The van der Waals surface area contributed by atoms with Gasteiger partial charge in [0.25, 0.3) is 11.6 Å². The molecular formula is C12H14N4O3. The van der Waals surface area contributed by atoms with E-state index in [2.05, 4.69) is 15.6 Å². The predicted molar refractivity (Wildman–Crippen MR) is 71.2 cm³/mol. The third kappa shape index (κ3) is 2.89. The zero-order chi connectivity index (χ0) is 13.8.